The Morgan fingerprint density at radius 2 is 1.85 bits per heavy atom. The van der Waals surface area contributed by atoms with E-state index in [1.807, 2.05) is 6.92 Å². The Hall–Kier alpha value is -0.850. The van der Waals surface area contributed by atoms with Crippen LogP contribution in [0.2, 0.25) is 0 Å². The summed E-state index contributed by atoms with van der Waals surface area (Å²) in [4.78, 5) is 0.394. The van der Waals surface area contributed by atoms with E-state index < -0.39 is 10.0 Å². The Morgan fingerprint density at radius 3 is 2.45 bits per heavy atom. The van der Waals surface area contributed by atoms with E-state index in [4.69, 9.17) is 4.42 Å². The first-order chi connectivity index (χ1) is 9.50. The summed E-state index contributed by atoms with van der Waals surface area (Å²) in [6, 6.07) is 0.548. The lowest BCUT2D eigenvalue weighted by molar-refractivity contribution is 0.468. The Balaban J connectivity index is 1.93. The van der Waals surface area contributed by atoms with Gasteiger partial charge in [-0.15, -0.1) is 0 Å². The summed E-state index contributed by atoms with van der Waals surface area (Å²) in [6.45, 7) is 5.43. The number of nitrogens with one attached hydrogen (secondary N) is 1. The van der Waals surface area contributed by atoms with E-state index in [1.54, 1.807) is 11.2 Å². The lowest BCUT2D eigenvalue weighted by atomic mass is 10.2. The molecule has 5 nitrogen and oxygen atoms in total. The maximum Gasteiger partial charge on any atom is 0.246 e. The standard InChI is InChI=1S/C14H22N2O3S/c1-10-13(9-15-12-5-6-12)14(11(2)19-10)20(17,18)16-7-3-4-8-16/h12,15H,3-9H2,1-2H3. The van der Waals surface area contributed by atoms with Gasteiger partial charge in [0.2, 0.25) is 10.0 Å². The van der Waals surface area contributed by atoms with Crippen LogP contribution in [0, 0.1) is 13.8 Å². The van der Waals surface area contributed by atoms with Crippen molar-refractivity contribution in [3.05, 3.63) is 17.1 Å². The van der Waals surface area contributed by atoms with Crippen molar-refractivity contribution in [2.24, 2.45) is 0 Å². The molecule has 0 spiro atoms. The third-order valence-electron chi connectivity index (χ3n) is 4.13. The number of sulfonamides is 1. The molecule has 1 aromatic rings. The summed E-state index contributed by atoms with van der Waals surface area (Å²) >= 11 is 0. The van der Waals surface area contributed by atoms with Crippen LogP contribution in [-0.4, -0.2) is 31.9 Å². The molecule has 1 aliphatic heterocycles. The van der Waals surface area contributed by atoms with Crippen LogP contribution in [0.25, 0.3) is 0 Å². The van der Waals surface area contributed by atoms with Crippen LogP contribution >= 0.6 is 0 Å². The minimum absolute atomic E-state index is 0.394. The van der Waals surface area contributed by atoms with E-state index in [1.165, 1.54) is 12.8 Å². The molecule has 1 saturated carbocycles. The Bertz CT molecular complexity index is 596. The quantitative estimate of drug-likeness (QED) is 0.902. The maximum absolute atomic E-state index is 12.8. The van der Waals surface area contributed by atoms with Gasteiger partial charge in [0.05, 0.1) is 0 Å². The molecule has 2 aliphatic rings. The zero-order chi connectivity index (χ0) is 14.3. The Kier molecular flexibility index (Phi) is 3.64. The van der Waals surface area contributed by atoms with Crippen molar-refractivity contribution < 1.29 is 12.8 Å². The number of rotatable bonds is 5. The highest BCUT2D eigenvalue weighted by atomic mass is 32.2. The van der Waals surface area contributed by atoms with Gasteiger partial charge in [-0.1, -0.05) is 0 Å². The Labute approximate surface area is 120 Å². The predicted molar refractivity (Wildman–Crippen MR) is 76.0 cm³/mol. The molecule has 0 unspecified atom stereocenters. The van der Waals surface area contributed by atoms with Gasteiger partial charge in [0.15, 0.2) is 0 Å². The van der Waals surface area contributed by atoms with E-state index in [0.717, 1.165) is 18.4 Å². The molecule has 2 fully saturated rings. The van der Waals surface area contributed by atoms with Crippen LogP contribution in [0.1, 0.15) is 42.8 Å². The molecule has 0 amide bonds. The van der Waals surface area contributed by atoms with Crippen molar-refractivity contribution in [3.63, 3.8) is 0 Å². The smallest absolute Gasteiger partial charge is 0.246 e. The second-order valence-corrected chi connectivity index (χ2v) is 7.66. The van der Waals surface area contributed by atoms with E-state index in [9.17, 15) is 8.42 Å². The molecular weight excluding hydrogens is 276 g/mol. The molecule has 2 heterocycles. The third kappa shape index (κ3) is 2.52. The summed E-state index contributed by atoms with van der Waals surface area (Å²) in [5.41, 5.74) is 0.807. The average Bonchev–Trinajstić information content (AvgIpc) is 2.93. The Morgan fingerprint density at radius 1 is 1.20 bits per heavy atom. The number of hydrogen-bond donors (Lipinski definition) is 1. The van der Waals surface area contributed by atoms with Crippen LogP contribution in [-0.2, 0) is 16.6 Å². The number of hydrogen-bond acceptors (Lipinski definition) is 4. The number of furan rings is 1. The largest absolute Gasteiger partial charge is 0.465 e. The molecule has 0 atom stereocenters. The topological polar surface area (TPSA) is 62.6 Å². The van der Waals surface area contributed by atoms with Crippen molar-refractivity contribution in [1.82, 2.24) is 9.62 Å². The van der Waals surface area contributed by atoms with Crippen molar-refractivity contribution >= 4 is 10.0 Å². The van der Waals surface area contributed by atoms with Gasteiger partial charge in [-0.25, -0.2) is 8.42 Å². The molecule has 6 heteroatoms. The molecule has 1 saturated heterocycles. The first kappa shape index (κ1) is 14.1. The summed E-state index contributed by atoms with van der Waals surface area (Å²) in [7, 11) is -3.41. The molecule has 0 aromatic carbocycles. The van der Waals surface area contributed by atoms with E-state index >= 15 is 0 Å². The van der Waals surface area contributed by atoms with Gasteiger partial charge >= 0.3 is 0 Å². The van der Waals surface area contributed by atoms with Gasteiger partial charge < -0.3 is 9.73 Å². The monoisotopic (exact) mass is 298 g/mol. The van der Waals surface area contributed by atoms with Crippen molar-refractivity contribution in [2.75, 3.05) is 13.1 Å². The first-order valence-electron chi connectivity index (χ1n) is 7.32. The predicted octanol–water partition coefficient (Wildman–Crippen LogP) is 1.93. The van der Waals surface area contributed by atoms with Crippen LogP contribution < -0.4 is 5.32 Å². The zero-order valence-electron chi connectivity index (χ0n) is 12.1. The van der Waals surface area contributed by atoms with E-state index in [-0.39, 0.29) is 0 Å². The van der Waals surface area contributed by atoms with Crippen LogP contribution in [0.15, 0.2) is 9.31 Å². The van der Waals surface area contributed by atoms with Crippen LogP contribution in [0.3, 0.4) is 0 Å². The third-order valence-corrected chi connectivity index (χ3v) is 6.23. The fourth-order valence-corrected chi connectivity index (χ4v) is 4.77. The summed E-state index contributed by atoms with van der Waals surface area (Å²) < 4.78 is 32.8. The zero-order valence-corrected chi connectivity index (χ0v) is 12.9. The maximum atomic E-state index is 12.8. The minimum Gasteiger partial charge on any atom is -0.465 e. The number of nitrogens with zero attached hydrogens (tertiary/aromatic N) is 1. The molecule has 0 bridgehead atoms. The minimum atomic E-state index is -3.41. The molecule has 3 rings (SSSR count). The van der Waals surface area contributed by atoms with Gasteiger partial charge in [-0.2, -0.15) is 4.31 Å². The summed E-state index contributed by atoms with van der Waals surface area (Å²) in [6.07, 6.45) is 4.27. The average molecular weight is 298 g/mol. The molecular formula is C14H22N2O3S. The van der Waals surface area contributed by atoms with Gasteiger partial charge in [-0.3, -0.25) is 0 Å². The van der Waals surface area contributed by atoms with Crippen LogP contribution in [0.4, 0.5) is 0 Å². The highest BCUT2D eigenvalue weighted by Gasteiger charge is 2.34. The van der Waals surface area contributed by atoms with E-state index in [2.05, 4.69) is 5.32 Å². The van der Waals surface area contributed by atoms with Crippen molar-refractivity contribution in [1.29, 1.82) is 0 Å². The summed E-state index contributed by atoms with van der Waals surface area (Å²) in [5.74, 6) is 1.23. The second-order valence-electron chi connectivity index (χ2n) is 5.79. The highest BCUT2D eigenvalue weighted by Crippen LogP contribution is 2.31. The molecule has 112 valence electrons. The van der Waals surface area contributed by atoms with Crippen molar-refractivity contribution in [3.8, 4) is 0 Å². The molecule has 1 aromatic heterocycles. The second kappa shape index (κ2) is 5.16. The van der Waals surface area contributed by atoms with E-state index in [0.29, 0.717) is 42.1 Å². The normalized spacial score (nSPS) is 20.7. The molecule has 0 radical (unpaired) electrons. The van der Waals surface area contributed by atoms with Gasteiger partial charge in [0.1, 0.15) is 16.4 Å². The lowest BCUT2D eigenvalue weighted by Gasteiger charge is -2.16. The van der Waals surface area contributed by atoms with Gasteiger partial charge in [0.25, 0.3) is 0 Å². The molecule has 1 aliphatic carbocycles. The highest BCUT2D eigenvalue weighted by molar-refractivity contribution is 7.89. The molecule has 1 N–H and O–H groups in total. The SMILES string of the molecule is Cc1oc(C)c(S(=O)(=O)N2CCCC2)c1CNC1CC1. The lowest BCUT2D eigenvalue weighted by Crippen LogP contribution is -2.29. The van der Waals surface area contributed by atoms with Gasteiger partial charge in [0, 0.05) is 31.2 Å². The number of aryl methyl sites for hydroxylation is 2. The first-order valence-corrected chi connectivity index (χ1v) is 8.76. The van der Waals surface area contributed by atoms with Crippen LogP contribution in [0.5, 0.6) is 0 Å². The summed E-state index contributed by atoms with van der Waals surface area (Å²) in [5, 5.41) is 3.39. The van der Waals surface area contributed by atoms with Gasteiger partial charge in [-0.05, 0) is 39.5 Å². The fraction of sp³-hybridized carbons (Fsp3) is 0.714. The molecule has 20 heavy (non-hydrogen) atoms. The fourth-order valence-electron chi connectivity index (χ4n) is 2.84. The van der Waals surface area contributed by atoms with Crippen molar-refractivity contribution in [2.45, 2.75) is 57.0 Å².